The molecule has 3 rings (SSSR count). The van der Waals surface area contributed by atoms with Gasteiger partial charge in [-0.3, -0.25) is 24.1 Å². The smallest absolute Gasteiger partial charge is 0.288 e. The molecule has 1 saturated heterocycles. The summed E-state index contributed by atoms with van der Waals surface area (Å²) in [6, 6.07) is 13.3. The molecule has 9 nitrogen and oxygen atoms in total. The number of nitrogens with one attached hydrogen (secondary N) is 2. The van der Waals surface area contributed by atoms with Gasteiger partial charge in [0.25, 0.3) is 17.1 Å². The topological polar surface area (TPSA) is 114 Å². The third-order valence-electron chi connectivity index (χ3n) is 4.30. The molecule has 2 aromatic carbocycles. The fourth-order valence-corrected chi connectivity index (χ4v) is 3.48. The van der Waals surface area contributed by atoms with Crippen LogP contribution in [0, 0.1) is 0 Å². The lowest BCUT2D eigenvalue weighted by Gasteiger charge is -2.13. The Morgan fingerprint density at radius 3 is 2.55 bits per heavy atom. The molecular formula is C21H21N3O6S. The molecule has 10 heteroatoms. The van der Waals surface area contributed by atoms with Crippen molar-refractivity contribution in [1.29, 1.82) is 0 Å². The molecule has 2 N–H and O–H groups in total. The quantitative estimate of drug-likeness (QED) is 0.610. The van der Waals surface area contributed by atoms with E-state index in [1.165, 1.54) is 0 Å². The molecule has 0 spiro atoms. The molecule has 1 aliphatic rings. The molecule has 1 fully saturated rings. The molecule has 0 saturated carbocycles. The Balaban J connectivity index is 1.42. The fraction of sp³-hybridized carbons (Fsp3) is 0.238. The van der Waals surface area contributed by atoms with Gasteiger partial charge >= 0.3 is 0 Å². The Kier molecular flexibility index (Phi) is 7.50. The highest BCUT2D eigenvalue weighted by Gasteiger charge is 2.29. The average molecular weight is 443 g/mol. The Labute approximate surface area is 183 Å². The molecule has 0 unspecified atom stereocenters. The van der Waals surface area contributed by atoms with Gasteiger partial charge in [-0.2, -0.15) is 0 Å². The van der Waals surface area contributed by atoms with Crippen molar-refractivity contribution in [2.24, 2.45) is 0 Å². The summed E-state index contributed by atoms with van der Waals surface area (Å²) in [4.78, 5) is 48.4. The predicted octanol–water partition coefficient (Wildman–Crippen LogP) is 2.14. The number of methoxy groups -OCH3 is 1. The van der Waals surface area contributed by atoms with Gasteiger partial charge in [-0.1, -0.05) is 17.8 Å². The minimum atomic E-state index is -0.339. The first-order valence-electron chi connectivity index (χ1n) is 9.38. The molecular weight excluding hydrogens is 422 g/mol. The van der Waals surface area contributed by atoms with Gasteiger partial charge in [0.2, 0.25) is 5.91 Å². The van der Waals surface area contributed by atoms with Gasteiger partial charge in [0, 0.05) is 30.4 Å². The molecule has 2 aromatic rings. The largest absolute Gasteiger partial charge is 0.497 e. The second-order valence-electron chi connectivity index (χ2n) is 6.45. The number of carbonyl (C=O) groups excluding carboxylic acids is 4. The SMILES string of the molecule is COc1cccc(NC(=O)COc2ccc(C(=O)NCCN3C(=O)CSC3=O)cc2)c1. The predicted molar refractivity (Wildman–Crippen MR) is 115 cm³/mol. The lowest BCUT2D eigenvalue weighted by Crippen LogP contribution is -2.37. The van der Waals surface area contributed by atoms with Crippen LogP contribution in [0.2, 0.25) is 0 Å². The summed E-state index contributed by atoms with van der Waals surface area (Å²) in [7, 11) is 1.54. The van der Waals surface area contributed by atoms with Gasteiger partial charge in [0.15, 0.2) is 6.61 Å². The van der Waals surface area contributed by atoms with Crippen LogP contribution in [-0.4, -0.2) is 60.4 Å². The summed E-state index contributed by atoms with van der Waals surface area (Å²) >= 11 is 0.956. The highest BCUT2D eigenvalue weighted by atomic mass is 32.2. The van der Waals surface area contributed by atoms with Crippen LogP contribution in [0.4, 0.5) is 10.5 Å². The van der Waals surface area contributed by atoms with Crippen molar-refractivity contribution in [3.05, 3.63) is 54.1 Å². The first-order valence-corrected chi connectivity index (χ1v) is 10.4. The Bertz CT molecular complexity index is 963. The van der Waals surface area contributed by atoms with E-state index in [0.29, 0.717) is 22.7 Å². The number of anilines is 1. The molecule has 4 amide bonds. The monoisotopic (exact) mass is 443 g/mol. The molecule has 162 valence electrons. The van der Waals surface area contributed by atoms with Crippen LogP contribution in [-0.2, 0) is 9.59 Å². The minimum Gasteiger partial charge on any atom is -0.497 e. The molecule has 0 radical (unpaired) electrons. The number of rotatable bonds is 9. The number of hydrogen-bond acceptors (Lipinski definition) is 7. The van der Waals surface area contributed by atoms with Crippen LogP contribution in [0.1, 0.15) is 10.4 Å². The normalized spacial score (nSPS) is 13.1. The van der Waals surface area contributed by atoms with Crippen molar-refractivity contribution >= 4 is 40.4 Å². The van der Waals surface area contributed by atoms with E-state index in [0.717, 1.165) is 16.7 Å². The number of hydrogen-bond donors (Lipinski definition) is 2. The van der Waals surface area contributed by atoms with Gasteiger partial charge in [-0.05, 0) is 36.4 Å². The lowest BCUT2D eigenvalue weighted by molar-refractivity contribution is -0.124. The summed E-state index contributed by atoms with van der Waals surface area (Å²) < 4.78 is 10.6. The van der Waals surface area contributed by atoms with E-state index < -0.39 is 0 Å². The minimum absolute atomic E-state index is 0.139. The van der Waals surface area contributed by atoms with Crippen molar-refractivity contribution in [2.45, 2.75) is 0 Å². The molecule has 1 heterocycles. The van der Waals surface area contributed by atoms with E-state index in [4.69, 9.17) is 9.47 Å². The van der Waals surface area contributed by atoms with Crippen molar-refractivity contribution in [3.63, 3.8) is 0 Å². The third-order valence-corrected chi connectivity index (χ3v) is 5.16. The summed E-state index contributed by atoms with van der Waals surface area (Å²) in [5, 5.41) is 5.08. The number of carbonyl (C=O) groups is 4. The average Bonchev–Trinajstić information content (AvgIpc) is 3.10. The Hall–Kier alpha value is -3.53. The van der Waals surface area contributed by atoms with Crippen molar-refractivity contribution < 1.29 is 28.7 Å². The zero-order valence-electron chi connectivity index (χ0n) is 16.8. The number of benzene rings is 2. The second kappa shape index (κ2) is 10.5. The van der Waals surface area contributed by atoms with Crippen LogP contribution in [0.3, 0.4) is 0 Å². The van der Waals surface area contributed by atoms with Crippen LogP contribution >= 0.6 is 11.8 Å². The summed E-state index contributed by atoms with van der Waals surface area (Å²) in [5.41, 5.74) is 0.984. The van der Waals surface area contributed by atoms with Gasteiger partial charge < -0.3 is 20.1 Å². The maximum atomic E-state index is 12.2. The molecule has 1 aliphatic heterocycles. The van der Waals surface area contributed by atoms with Crippen molar-refractivity contribution in [1.82, 2.24) is 10.2 Å². The van der Waals surface area contributed by atoms with Crippen molar-refractivity contribution in [2.75, 3.05) is 37.9 Å². The molecule has 0 aliphatic carbocycles. The van der Waals surface area contributed by atoms with E-state index in [2.05, 4.69) is 10.6 Å². The molecule has 0 atom stereocenters. The first-order chi connectivity index (χ1) is 15.0. The van der Waals surface area contributed by atoms with Crippen molar-refractivity contribution in [3.8, 4) is 11.5 Å². The fourth-order valence-electron chi connectivity index (χ4n) is 2.73. The van der Waals surface area contributed by atoms with Crippen LogP contribution < -0.4 is 20.1 Å². The van der Waals surface area contributed by atoms with Gasteiger partial charge in [-0.25, -0.2) is 0 Å². The van der Waals surface area contributed by atoms with Crippen LogP contribution in [0.25, 0.3) is 0 Å². The number of nitrogens with zero attached hydrogens (tertiary/aromatic N) is 1. The summed E-state index contributed by atoms with van der Waals surface area (Å²) in [6.07, 6.45) is 0. The number of imide groups is 1. The standard InChI is InChI=1S/C21H21N3O6S/c1-29-17-4-2-3-15(11-17)23-18(25)12-30-16-7-5-14(6-8-16)20(27)22-9-10-24-19(26)13-31-21(24)28/h2-8,11H,9-10,12-13H2,1H3,(H,22,27)(H,23,25). The van der Waals surface area contributed by atoms with E-state index >= 15 is 0 Å². The Morgan fingerprint density at radius 1 is 1.10 bits per heavy atom. The summed E-state index contributed by atoms with van der Waals surface area (Å²) in [5.74, 6) is 0.286. The van der Waals surface area contributed by atoms with Crippen LogP contribution in [0.5, 0.6) is 11.5 Å². The number of ether oxygens (including phenoxy) is 2. The van der Waals surface area contributed by atoms with E-state index in [9.17, 15) is 19.2 Å². The van der Waals surface area contributed by atoms with E-state index in [-0.39, 0.29) is 48.4 Å². The molecule has 0 aromatic heterocycles. The zero-order chi connectivity index (χ0) is 22.2. The lowest BCUT2D eigenvalue weighted by atomic mass is 10.2. The molecule has 31 heavy (non-hydrogen) atoms. The van der Waals surface area contributed by atoms with Gasteiger partial charge in [0.05, 0.1) is 12.9 Å². The van der Waals surface area contributed by atoms with Crippen LogP contribution in [0.15, 0.2) is 48.5 Å². The maximum absolute atomic E-state index is 12.2. The summed E-state index contributed by atoms with van der Waals surface area (Å²) in [6.45, 7) is 0.109. The van der Waals surface area contributed by atoms with E-state index in [1.807, 2.05) is 0 Å². The van der Waals surface area contributed by atoms with Gasteiger partial charge in [0.1, 0.15) is 11.5 Å². The zero-order valence-corrected chi connectivity index (χ0v) is 17.6. The third kappa shape index (κ3) is 6.22. The Morgan fingerprint density at radius 2 is 1.87 bits per heavy atom. The van der Waals surface area contributed by atoms with Gasteiger partial charge in [-0.15, -0.1) is 0 Å². The second-order valence-corrected chi connectivity index (χ2v) is 7.38. The highest BCUT2D eigenvalue weighted by Crippen LogP contribution is 2.18. The maximum Gasteiger partial charge on any atom is 0.288 e. The van der Waals surface area contributed by atoms with E-state index in [1.54, 1.807) is 55.6 Å². The molecule has 0 bridgehead atoms. The highest BCUT2D eigenvalue weighted by molar-refractivity contribution is 8.14. The number of amides is 4. The number of thioether (sulfide) groups is 1. The first kappa shape index (κ1) is 22.2.